The van der Waals surface area contributed by atoms with Crippen molar-refractivity contribution in [1.82, 2.24) is 10.2 Å². The molecule has 2 aliphatic rings. The fourth-order valence-corrected chi connectivity index (χ4v) is 4.17. The highest BCUT2D eigenvalue weighted by atomic mass is 16.5. The highest BCUT2D eigenvalue weighted by Gasteiger charge is 2.53. The third-order valence-electron chi connectivity index (χ3n) is 5.81. The van der Waals surface area contributed by atoms with E-state index in [1.54, 1.807) is 4.90 Å². The lowest BCUT2D eigenvalue weighted by Crippen LogP contribution is -2.49. The molecule has 2 fully saturated rings. The third-order valence-corrected chi connectivity index (χ3v) is 5.81. The number of hydrogen-bond acceptors (Lipinski definition) is 6. The monoisotopic (exact) mass is 398 g/mol. The molecular weight excluding hydrogens is 375 g/mol. The van der Waals surface area contributed by atoms with E-state index in [9.17, 15) is 19.6 Å². The number of para-hydroxylation sites is 1. The first-order valence-electron chi connectivity index (χ1n) is 9.65. The number of rotatable bonds is 7. The van der Waals surface area contributed by atoms with Gasteiger partial charge in [-0.2, -0.15) is 0 Å². The smallest absolute Gasteiger partial charge is 0.464 e. The van der Waals surface area contributed by atoms with Crippen LogP contribution in [0.15, 0.2) is 47.6 Å². The molecule has 29 heavy (non-hydrogen) atoms. The van der Waals surface area contributed by atoms with E-state index < -0.39 is 19.2 Å². The number of furan rings is 1. The number of piperidine rings is 1. The minimum atomic E-state index is -1.77. The SMILES string of the molecule is C=CC(=O)N1C[C@@H]2C[C@@H]2[C@@H]1COC(=O)N[C@@H](Cc1coc2ccccc12)B(O)O. The van der Waals surface area contributed by atoms with Gasteiger partial charge >= 0.3 is 13.2 Å². The van der Waals surface area contributed by atoms with Crippen molar-refractivity contribution < 1.29 is 28.8 Å². The number of likely N-dealkylation sites (tertiary alicyclic amines) is 1. The van der Waals surface area contributed by atoms with Gasteiger partial charge in [-0.15, -0.1) is 0 Å². The van der Waals surface area contributed by atoms with Gasteiger partial charge in [-0.05, 0) is 42.4 Å². The predicted octanol–water partition coefficient (Wildman–Crippen LogP) is 1.11. The summed E-state index contributed by atoms with van der Waals surface area (Å²) >= 11 is 0. The van der Waals surface area contributed by atoms with Gasteiger partial charge in [0.25, 0.3) is 0 Å². The molecule has 0 radical (unpaired) electrons. The second-order valence-electron chi connectivity index (χ2n) is 7.65. The summed E-state index contributed by atoms with van der Waals surface area (Å²) in [4.78, 5) is 25.9. The van der Waals surface area contributed by atoms with Crippen LogP contribution in [0.3, 0.4) is 0 Å². The molecule has 0 unspecified atom stereocenters. The first-order valence-corrected chi connectivity index (χ1v) is 9.65. The average Bonchev–Trinajstić information content (AvgIpc) is 3.22. The Morgan fingerprint density at radius 2 is 2.21 bits per heavy atom. The van der Waals surface area contributed by atoms with Gasteiger partial charge in [0.15, 0.2) is 0 Å². The van der Waals surface area contributed by atoms with Gasteiger partial charge in [0.2, 0.25) is 5.91 Å². The zero-order valence-corrected chi connectivity index (χ0v) is 15.9. The molecule has 0 spiro atoms. The van der Waals surface area contributed by atoms with Crippen LogP contribution in [-0.2, 0) is 16.0 Å². The Morgan fingerprint density at radius 1 is 1.41 bits per heavy atom. The zero-order chi connectivity index (χ0) is 20.5. The van der Waals surface area contributed by atoms with E-state index in [4.69, 9.17) is 9.15 Å². The fraction of sp³-hybridized carbons (Fsp3) is 0.400. The summed E-state index contributed by atoms with van der Waals surface area (Å²) in [5.41, 5.74) is 1.43. The van der Waals surface area contributed by atoms with Crippen molar-refractivity contribution in [2.45, 2.75) is 24.8 Å². The molecule has 4 atom stereocenters. The minimum Gasteiger partial charge on any atom is -0.464 e. The maximum absolute atomic E-state index is 12.3. The molecule has 1 aromatic heterocycles. The van der Waals surface area contributed by atoms with Crippen molar-refractivity contribution in [2.75, 3.05) is 13.2 Å². The number of benzene rings is 1. The Labute approximate surface area is 168 Å². The number of nitrogens with one attached hydrogen (secondary N) is 1. The Hall–Kier alpha value is -2.78. The molecule has 1 saturated heterocycles. The molecule has 8 nitrogen and oxygen atoms in total. The highest BCUT2D eigenvalue weighted by Crippen LogP contribution is 2.49. The van der Waals surface area contributed by atoms with E-state index in [2.05, 4.69) is 11.9 Å². The molecule has 1 aliphatic carbocycles. The molecule has 152 valence electrons. The van der Waals surface area contributed by atoms with Gasteiger partial charge in [0.05, 0.1) is 18.2 Å². The van der Waals surface area contributed by atoms with Crippen molar-refractivity contribution in [1.29, 1.82) is 0 Å². The summed E-state index contributed by atoms with van der Waals surface area (Å²) < 4.78 is 10.8. The van der Waals surface area contributed by atoms with Crippen LogP contribution in [0.4, 0.5) is 4.79 Å². The zero-order valence-electron chi connectivity index (χ0n) is 15.9. The lowest BCUT2D eigenvalue weighted by Gasteiger charge is -2.26. The highest BCUT2D eigenvalue weighted by molar-refractivity contribution is 6.43. The first-order chi connectivity index (χ1) is 14.0. The third kappa shape index (κ3) is 4.01. The maximum atomic E-state index is 12.3. The standard InChI is InChI=1S/C20H23BN2O6/c1-2-19(24)23-9-12-7-15(12)16(23)11-29-20(25)22-18(21(26)27)8-13-10-28-17-6-4-3-5-14(13)17/h2-6,10,12,15-16,18,26-27H,1,7-9,11H2,(H,22,25)/t12-,15-,16-,18-/m0/s1. The van der Waals surface area contributed by atoms with E-state index in [0.717, 1.165) is 17.4 Å². The summed E-state index contributed by atoms with van der Waals surface area (Å²) in [7, 11) is -1.77. The van der Waals surface area contributed by atoms with Crippen molar-refractivity contribution in [2.24, 2.45) is 11.8 Å². The van der Waals surface area contributed by atoms with Gasteiger partial charge in [-0.25, -0.2) is 4.79 Å². The lowest BCUT2D eigenvalue weighted by atomic mass is 9.76. The molecule has 9 heteroatoms. The Balaban J connectivity index is 1.35. The largest absolute Gasteiger partial charge is 0.475 e. The van der Waals surface area contributed by atoms with Crippen LogP contribution in [0.1, 0.15) is 12.0 Å². The molecule has 1 saturated carbocycles. The minimum absolute atomic E-state index is 0.0649. The number of hydrogen-bond donors (Lipinski definition) is 3. The number of ether oxygens (including phenoxy) is 1. The van der Waals surface area contributed by atoms with E-state index >= 15 is 0 Å². The molecule has 3 N–H and O–H groups in total. The van der Waals surface area contributed by atoms with Gasteiger partial charge in [0, 0.05) is 11.9 Å². The Morgan fingerprint density at radius 3 is 2.97 bits per heavy atom. The number of nitrogens with zero attached hydrogens (tertiary/aromatic N) is 1. The number of carbonyl (C=O) groups is 2. The van der Waals surface area contributed by atoms with E-state index in [-0.39, 0.29) is 25.0 Å². The fourth-order valence-electron chi connectivity index (χ4n) is 4.17. The van der Waals surface area contributed by atoms with E-state index in [1.807, 2.05) is 24.3 Å². The van der Waals surface area contributed by atoms with Gasteiger partial charge in [-0.1, -0.05) is 24.8 Å². The Bertz CT molecular complexity index is 929. The van der Waals surface area contributed by atoms with Crippen LogP contribution in [0.5, 0.6) is 0 Å². The average molecular weight is 398 g/mol. The molecule has 1 aliphatic heterocycles. The number of alkyl carbamates (subject to hydrolysis) is 1. The van der Waals surface area contributed by atoms with Crippen molar-refractivity contribution in [3.8, 4) is 0 Å². The van der Waals surface area contributed by atoms with Crippen LogP contribution < -0.4 is 5.32 Å². The summed E-state index contributed by atoms with van der Waals surface area (Å²) in [6.07, 6.45) is 3.25. The second-order valence-corrected chi connectivity index (χ2v) is 7.65. The van der Waals surface area contributed by atoms with Gasteiger partial charge in [-0.3, -0.25) is 4.79 Å². The summed E-state index contributed by atoms with van der Waals surface area (Å²) in [6, 6.07) is 7.22. The van der Waals surface area contributed by atoms with E-state index in [1.165, 1.54) is 12.3 Å². The molecule has 2 amide bonds. The summed E-state index contributed by atoms with van der Waals surface area (Å²) in [5, 5.41) is 22.7. The van der Waals surface area contributed by atoms with Crippen molar-refractivity contribution >= 4 is 30.1 Å². The predicted molar refractivity (Wildman–Crippen MR) is 106 cm³/mol. The molecule has 1 aromatic carbocycles. The van der Waals surface area contributed by atoms with Crippen molar-refractivity contribution in [3.05, 3.63) is 48.7 Å². The van der Waals surface area contributed by atoms with Gasteiger partial charge < -0.3 is 29.4 Å². The molecule has 2 aromatic rings. The normalized spacial score (nSPS) is 23.4. The van der Waals surface area contributed by atoms with Crippen molar-refractivity contribution in [3.63, 3.8) is 0 Å². The summed E-state index contributed by atoms with van der Waals surface area (Å²) in [6.45, 7) is 4.24. The Kier molecular flexibility index (Phi) is 5.34. The van der Waals surface area contributed by atoms with Gasteiger partial charge in [0.1, 0.15) is 12.2 Å². The molecule has 4 rings (SSSR count). The van der Waals surface area contributed by atoms with E-state index in [0.29, 0.717) is 24.0 Å². The maximum Gasteiger partial charge on any atom is 0.475 e. The van der Waals surface area contributed by atoms with Crippen LogP contribution in [-0.4, -0.2) is 59.2 Å². The number of carbonyl (C=O) groups excluding carboxylic acids is 2. The van der Waals surface area contributed by atoms with Crippen LogP contribution in [0, 0.1) is 11.8 Å². The second kappa shape index (κ2) is 7.92. The van der Waals surface area contributed by atoms with Crippen LogP contribution >= 0.6 is 0 Å². The quantitative estimate of drug-likeness (QED) is 0.476. The van der Waals surface area contributed by atoms with Crippen LogP contribution in [0.25, 0.3) is 11.0 Å². The summed E-state index contributed by atoms with van der Waals surface area (Å²) in [5.74, 6) is -0.312. The molecule has 2 heterocycles. The number of fused-ring (bicyclic) bond motifs is 2. The number of amides is 2. The molecular formula is C20H23BN2O6. The first kappa shape index (κ1) is 19.5. The topological polar surface area (TPSA) is 112 Å². The lowest BCUT2D eigenvalue weighted by molar-refractivity contribution is -0.128. The van der Waals surface area contributed by atoms with Crippen LogP contribution in [0.2, 0.25) is 0 Å². The molecule has 0 bridgehead atoms.